The van der Waals surface area contributed by atoms with E-state index in [-0.39, 0.29) is 25.5 Å². The van der Waals surface area contributed by atoms with Crippen LogP contribution in [0.15, 0.2) is 122 Å². The summed E-state index contributed by atoms with van der Waals surface area (Å²) in [6, 6.07) is 39.8. The summed E-state index contributed by atoms with van der Waals surface area (Å²) >= 11 is 0. The van der Waals surface area contributed by atoms with Gasteiger partial charge in [0, 0.05) is 44.1 Å². The Balaban J connectivity index is 0.000000270. The summed E-state index contributed by atoms with van der Waals surface area (Å²) in [4.78, 5) is 18.0. The van der Waals surface area contributed by atoms with Gasteiger partial charge < -0.3 is 9.97 Å². The van der Waals surface area contributed by atoms with Gasteiger partial charge in [-0.3, -0.25) is 0 Å². The zero-order valence-corrected chi connectivity index (χ0v) is 30.6. The Bertz CT molecular complexity index is 2170. The van der Waals surface area contributed by atoms with Gasteiger partial charge in [0.05, 0.1) is 5.52 Å². The summed E-state index contributed by atoms with van der Waals surface area (Å²) < 4.78 is 0. The fourth-order valence-electron chi connectivity index (χ4n) is 5.72. The molecule has 0 aliphatic rings. The van der Waals surface area contributed by atoms with Crippen LogP contribution in [-0.4, -0.2) is 19.9 Å². The van der Waals surface area contributed by atoms with Gasteiger partial charge in [-0.05, 0) is 77.5 Å². The largest absolute Gasteiger partial charge is 0.305 e. The van der Waals surface area contributed by atoms with Gasteiger partial charge in [0.2, 0.25) is 0 Å². The Kier molecular flexibility index (Phi) is 10.7. The quantitative estimate of drug-likeness (QED) is 0.166. The van der Waals surface area contributed by atoms with Gasteiger partial charge in [-0.15, -0.1) is 65.7 Å². The number of hydrogen-bond acceptors (Lipinski definition) is 4. The van der Waals surface area contributed by atoms with Gasteiger partial charge >= 0.3 is 0 Å². The second kappa shape index (κ2) is 14.9. The van der Waals surface area contributed by atoms with Gasteiger partial charge in [-0.2, -0.15) is 0 Å². The van der Waals surface area contributed by atoms with Crippen LogP contribution >= 0.6 is 0 Å². The number of pyridine rings is 2. The molecule has 7 aromatic rings. The molecular weight excluding hydrogens is 765 g/mol. The minimum Gasteiger partial charge on any atom is -0.305 e. The molecule has 0 aliphatic carbocycles. The molecule has 0 aliphatic heterocycles. The van der Waals surface area contributed by atoms with Crippen LogP contribution in [0.2, 0.25) is 0 Å². The van der Waals surface area contributed by atoms with E-state index in [4.69, 9.17) is 4.98 Å². The van der Waals surface area contributed by atoms with Crippen molar-refractivity contribution in [3.63, 3.8) is 0 Å². The van der Waals surface area contributed by atoms with Crippen LogP contribution in [0.3, 0.4) is 0 Å². The first-order valence-electron chi connectivity index (χ1n) is 15.9. The molecule has 1 radical (unpaired) electrons. The maximum atomic E-state index is 4.70. The van der Waals surface area contributed by atoms with E-state index in [9.17, 15) is 0 Å². The minimum absolute atomic E-state index is 0. The molecule has 0 atom stereocenters. The standard InChI is InChI=1S/C31H28N3.C12H10N.Ir/c1-20-9-10-25(21(2)15-20)27-12-11-26(30-28(27)18-32-19-34-30)22-7-6-8-23(16-22)29-17-24(13-14-33-29)31(3,4)5;1-10-7-8-13-12(9-10)11-5-3-2-4-6-11;/h6-7,9-19H,1-5H3;2-5,7-9H,1H3;/q2*-1;. The van der Waals surface area contributed by atoms with E-state index in [1.54, 1.807) is 6.33 Å². The number of aromatic nitrogens is 4. The molecule has 0 N–H and O–H groups in total. The average Bonchev–Trinajstić information content (AvgIpc) is 3.08. The topological polar surface area (TPSA) is 51.6 Å². The van der Waals surface area contributed by atoms with Crippen LogP contribution in [0.1, 0.15) is 43.0 Å². The Labute approximate surface area is 297 Å². The summed E-state index contributed by atoms with van der Waals surface area (Å²) in [6.45, 7) is 13.0. The van der Waals surface area contributed by atoms with Gasteiger partial charge in [0.15, 0.2) is 0 Å². The van der Waals surface area contributed by atoms with Crippen LogP contribution < -0.4 is 0 Å². The second-order valence-corrected chi connectivity index (χ2v) is 12.9. The fraction of sp³-hybridized carbons (Fsp3) is 0.163. The van der Waals surface area contributed by atoms with E-state index in [1.165, 1.54) is 27.8 Å². The van der Waals surface area contributed by atoms with Crippen LogP contribution in [0.4, 0.5) is 0 Å². The zero-order chi connectivity index (χ0) is 33.0. The van der Waals surface area contributed by atoms with E-state index in [2.05, 4.69) is 129 Å². The molecule has 3 aromatic heterocycles. The van der Waals surface area contributed by atoms with Crippen molar-refractivity contribution in [1.82, 2.24) is 19.9 Å². The summed E-state index contributed by atoms with van der Waals surface area (Å²) in [5, 5.41) is 1.05. The van der Waals surface area contributed by atoms with Gasteiger partial charge in [-0.1, -0.05) is 79.9 Å². The SMILES string of the molecule is Cc1ccc(-c2ccc(-c3cc[c-]c(-c4cc(C(C)(C)C)ccn4)c3)c3ncncc23)c(C)c1.Cc1ccnc(-c2[c-]cccc2)c1.[Ir]. The maximum Gasteiger partial charge on any atom is 0.116 e. The van der Waals surface area contributed by atoms with Gasteiger partial charge in [-0.25, -0.2) is 9.97 Å². The minimum atomic E-state index is 0. The smallest absolute Gasteiger partial charge is 0.116 e. The molecule has 0 saturated carbocycles. The molecule has 4 aromatic carbocycles. The first-order chi connectivity index (χ1) is 22.7. The summed E-state index contributed by atoms with van der Waals surface area (Å²) in [5.41, 5.74) is 14.5. The third kappa shape index (κ3) is 7.82. The monoisotopic (exact) mass is 803 g/mol. The van der Waals surface area contributed by atoms with Crippen molar-refractivity contribution in [2.45, 2.75) is 47.0 Å². The number of benzene rings is 4. The maximum absolute atomic E-state index is 4.70. The first-order valence-corrected chi connectivity index (χ1v) is 15.9. The molecular formula is C43H38IrN4-2. The Morgan fingerprint density at radius 1 is 0.604 bits per heavy atom. The van der Waals surface area contributed by atoms with E-state index in [0.717, 1.165) is 50.1 Å². The predicted octanol–water partition coefficient (Wildman–Crippen LogP) is 10.6. The van der Waals surface area contributed by atoms with Crippen LogP contribution in [0.5, 0.6) is 0 Å². The number of hydrogen-bond donors (Lipinski definition) is 0. The van der Waals surface area contributed by atoms with E-state index in [1.807, 2.05) is 55.0 Å². The molecule has 3 heterocycles. The fourth-order valence-corrected chi connectivity index (χ4v) is 5.72. The van der Waals surface area contributed by atoms with Crippen LogP contribution in [-0.2, 0) is 25.5 Å². The number of aryl methyl sites for hydroxylation is 3. The average molecular weight is 803 g/mol. The molecule has 5 heteroatoms. The molecule has 48 heavy (non-hydrogen) atoms. The summed E-state index contributed by atoms with van der Waals surface area (Å²) in [5.74, 6) is 0. The van der Waals surface area contributed by atoms with Gasteiger partial charge in [0.25, 0.3) is 0 Å². The van der Waals surface area contributed by atoms with Crippen molar-refractivity contribution in [3.8, 4) is 44.8 Å². The molecule has 241 valence electrons. The Morgan fingerprint density at radius 3 is 2.04 bits per heavy atom. The molecule has 0 spiro atoms. The Morgan fingerprint density at radius 2 is 1.31 bits per heavy atom. The first kappa shape index (κ1) is 34.5. The number of nitrogens with zero attached hydrogens (tertiary/aromatic N) is 4. The van der Waals surface area contributed by atoms with Crippen molar-refractivity contribution in [1.29, 1.82) is 0 Å². The van der Waals surface area contributed by atoms with E-state index < -0.39 is 0 Å². The molecule has 0 fully saturated rings. The summed E-state index contributed by atoms with van der Waals surface area (Å²) in [7, 11) is 0. The third-order valence-electron chi connectivity index (χ3n) is 8.26. The molecule has 0 bridgehead atoms. The van der Waals surface area contributed by atoms with Crippen molar-refractivity contribution >= 4 is 10.9 Å². The molecule has 4 nitrogen and oxygen atoms in total. The van der Waals surface area contributed by atoms with Crippen LogP contribution in [0.25, 0.3) is 55.7 Å². The van der Waals surface area contributed by atoms with Crippen molar-refractivity contribution in [2.75, 3.05) is 0 Å². The van der Waals surface area contributed by atoms with E-state index >= 15 is 0 Å². The van der Waals surface area contributed by atoms with Crippen molar-refractivity contribution in [3.05, 3.63) is 156 Å². The number of rotatable bonds is 4. The van der Waals surface area contributed by atoms with Crippen molar-refractivity contribution in [2.24, 2.45) is 0 Å². The van der Waals surface area contributed by atoms with Gasteiger partial charge in [0.1, 0.15) is 6.33 Å². The summed E-state index contributed by atoms with van der Waals surface area (Å²) in [6.07, 6.45) is 7.26. The number of fused-ring (bicyclic) bond motifs is 1. The normalized spacial score (nSPS) is 11.0. The van der Waals surface area contributed by atoms with Crippen LogP contribution in [0, 0.1) is 32.9 Å². The predicted molar refractivity (Wildman–Crippen MR) is 194 cm³/mol. The Hall–Kier alpha value is -4.83. The second-order valence-electron chi connectivity index (χ2n) is 12.9. The van der Waals surface area contributed by atoms with E-state index in [0.29, 0.717) is 0 Å². The molecule has 0 amide bonds. The van der Waals surface area contributed by atoms with Crippen molar-refractivity contribution < 1.29 is 20.1 Å². The molecule has 0 unspecified atom stereocenters. The molecule has 7 rings (SSSR count). The molecule has 0 saturated heterocycles. The zero-order valence-electron chi connectivity index (χ0n) is 28.2. The third-order valence-corrected chi connectivity index (χ3v) is 8.26.